The van der Waals surface area contributed by atoms with Gasteiger partial charge in [-0.3, -0.25) is 4.79 Å². The molecular weight excluding hydrogens is 348 g/mol. The molecule has 0 aliphatic heterocycles. The summed E-state index contributed by atoms with van der Waals surface area (Å²) in [5, 5.41) is 9.86. The van der Waals surface area contributed by atoms with Crippen LogP contribution in [0.1, 0.15) is 13.8 Å². The third-order valence-electron chi connectivity index (χ3n) is 2.49. The summed E-state index contributed by atoms with van der Waals surface area (Å²) in [6, 6.07) is 2.92. The molecule has 1 amide bonds. The molecule has 118 valence electrons. The molecule has 4 nitrogen and oxygen atoms in total. The van der Waals surface area contributed by atoms with E-state index >= 15 is 0 Å². The lowest BCUT2D eigenvalue weighted by Gasteiger charge is -2.10. The molecule has 0 aliphatic rings. The van der Waals surface area contributed by atoms with Gasteiger partial charge in [-0.1, -0.05) is 41.8 Å². The number of carbonyl (C=O) groups excluding carboxylic acids is 1. The molecule has 0 saturated heterocycles. The van der Waals surface area contributed by atoms with Gasteiger partial charge in [0.25, 0.3) is 0 Å². The first-order valence-electron chi connectivity index (χ1n) is 6.38. The second-order valence-corrected chi connectivity index (χ2v) is 8.22. The van der Waals surface area contributed by atoms with Crippen molar-refractivity contribution in [3.63, 3.8) is 0 Å². The van der Waals surface area contributed by atoms with Gasteiger partial charge in [-0.05, 0) is 24.8 Å². The highest BCUT2D eigenvalue weighted by Gasteiger charge is 2.18. The SMILES string of the molecule is CCSc1nnc(S[C@H](C)C(=O)Nc2cc(F)ccc2F)s1. The highest BCUT2D eigenvalue weighted by Crippen LogP contribution is 2.31. The molecule has 0 saturated carbocycles. The quantitative estimate of drug-likeness (QED) is 0.787. The first kappa shape index (κ1) is 17.2. The summed E-state index contributed by atoms with van der Waals surface area (Å²) in [5.74, 6) is -0.810. The normalized spacial score (nSPS) is 12.2. The minimum absolute atomic E-state index is 0.169. The average molecular weight is 361 g/mol. The van der Waals surface area contributed by atoms with Crippen LogP contribution in [0.5, 0.6) is 0 Å². The summed E-state index contributed by atoms with van der Waals surface area (Å²) in [5.41, 5.74) is -0.169. The van der Waals surface area contributed by atoms with Gasteiger partial charge in [-0.25, -0.2) is 8.78 Å². The van der Waals surface area contributed by atoms with Crippen molar-refractivity contribution >= 4 is 46.5 Å². The largest absolute Gasteiger partial charge is 0.323 e. The Morgan fingerprint density at radius 3 is 2.82 bits per heavy atom. The average Bonchev–Trinajstić information content (AvgIpc) is 2.90. The molecule has 22 heavy (non-hydrogen) atoms. The van der Waals surface area contributed by atoms with E-state index in [1.807, 2.05) is 6.92 Å². The molecule has 0 aliphatic carbocycles. The lowest BCUT2D eigenvalue weighted by atomic mass is 10.3. The summed E-state index contributed by atoms with van der Waals surface area (Å²) >= 11 is 4.21. The van der Waals surface area contributed by atoms with E-state index in [2.05, 4.69) is 15.5 Å². The summed E-state index contributed by atoms with van der Waals surface area (Å²) in [7, 11) is 0. The van der Waals surface area contributed by atoms with Crippen LogP contribution < -0.4 is 5.32 Å². The fourth-order valence-corrected chi connectivity index (χ4v) is 4.52. The van der Waals surface area contributed by atoms with E-state index < -0.39 is 22.8 Å². The van der Waals surface area contributed by atoms with Crippen LogP contribution in [0.2, 0.25) is 0 Å². The number of benzene rings is 1. The Hall–Kier alpha value is -1.19. The summed E-state index contributed by atoms with van der Waals surface area (Å²) in [6.45, 7) is 3.69. The van der Waals surface area contributed by atoms with Gasteiger partial charge in [-0.15, -0.1) is 10.2 Å². The van der Waals surface area contributed by atoms with Gasteiger partial charge in [0, 0.05) is 6.07 Å². The monoisotopic (exact) mass is 361 g/mol. The third-order valence-corrected chi connectivity index (χ3v) is 5.61. The Balaban J connectivity index is 1.98. The van der Waals surface area contributed by atoms with Crippen molar-refractivity contribution < 1.29 is 13.6 Å². The van der Waals surface area contributed by atoms with Gasteiger partial charge in [0.15, 0.2) is 8.68 Å². The lowest BCUT2D eigenvalue weighted by Crippen LogP contribution is -2.23. The maximum atomic E-state index is 13.5. The molecule has 2 aromatic rings. The lowest BCUT2D eigenvalue weighted by molar-refractivity contribution is -0.115. The van der Waals surface area contributed by atoms with Crippen LogP contribution >= 0.6 is 34.9 Å². The first-order valence-corrected chi connectivity index (χ1v) is 9.06. The minimum Gasteiger partial charge on any atom is -0.323 e. The van der Waals surface area contributed by atoms with E-state index in [4.69, 9.17) is 0 Å². The number of aromatic nitrogens is 2. The Labute approximate surface area is 139 Å². The molecule has 0 unspecified atom stereocenters. The number of carbonyl (C=O) groups is 1. The molecule has 0 radical (unpaired) electrons. The Morgan fingerprint density at radius 2 is 2.09 bits per heavy atom. The smallest absolute Gasteiger partial charge is 0.237 e. The molecule has 0 fully saturated rings. The van der Waals surface area contributed by atoms with E-state index in [1.54, 1.807) is 18.7 Å². The Bertz CT molecular complexity index is 666. The molecule has 1 aromatic carbocycles. The Kier molecular flexibility index (Phi) is 6.16. The number of nitrogens with zero attached hydrogens (tertiary/aromatic N) is 2. The molecule has 1 aromatic heterocycles. The first-order chi connectivity index (χ1) is 10.5. The minimum atomic E-state index is -0.676. The maximum absolute atomic E-state index is 13.5. The number of anilines is 1. The standard InChI is InChI=1S/C13H13F2N3OS3/c1-3-20-12-17-18-13(22-12)21-7(2)11(19)16-10-6-8(14)4-5-9(10)15/h4-7H,3H2,1-2H3,(H,16,19)/t7-/m1/s1. The van der Waals surface area contributed by atoms with Gasteiger partial charge in [0.2, 0.25) is 5.91 Å². The number of rotatable bonds is 6. The van der Waals surface area contributed by atoms with Crippen LogP contribution in [0, 0.1) is 11.6 Å². The number of thioether (sulfide) groups is 2. The van der Waals surface area contributed by atoms with Crippen molar-refractivity contribution in [3.8, 4) is 0 Å². The fraction of sp³-hybridized carbons (Fsp3) is 0.308. The highest BCUT2D eigenvalue weighted by molar-refractivity contribution is 8.03. The summed E-state index contributed by atoms with van der Waals surface area (Å²) < 4.78 is 28.1. The van der Waals surface area contributed by atoms with Crippen molar-refractivity contribution in [2.24, 2.45) is 0 Å². The molecule has 1 N–H and O–H groups in total. The number of nitrogens with one attached hydrogen (secondary N) is 1. The van der Waals surface area contributed by atoms with E-state index in [0.717, 1.165) is 28.3 Å². The van der Waals surface area contributed by atoms with Crippen LogP contribution in [0.15, 0.2) is 26.9 Å². The van der Waals surface area contributed by atoms with Crippen molar-refractivity contribution in [1.82, 2.24) is 10.2 Å². The molecule has 1 atom stereocenters. The molecule has 1 heterocycles. The number of hydrogen-bond acceptors (Lipinski definition) is 6. The van der Waals surface area contributed by atoms with Crippen molar-refractivity contribution in [1.29, 1.82) is 0 Å². The molecular formula is C13H13F2N3OS3. The van der Waals surface area contributed by atoms with Crippen LogP contribution in [0.4, 0.5) is 14.5 Å². The van der Waals surface area contributed by atoms with Crippen molar-refractivity contribution in [2.45, 2.75) is 27.8 Å². The fourth-order valence-electron chi connectivity index (χ4n) is 1.46. The number of amides is 1. The zero-order valence-corrected chi connectivity index (χ0v) is 14.2. The molecule has 0 bridgehead atoms. The second-order valence-electron chi connectivity index (χ2n) is 4.14. The number of halogens is 2. The molecule has 2 rings (SSSR count). The topological polar surface area (TPSA) is 54.9 Å². The van der Waals surface area contributed by atoms with E-state index in [1.165, 1.54) is 23.1 Å². The van der Waals surface area contributed by atoms with Gasteiger partial charge in [0.05, 0.1) is 10.9 Å². The van der Waals surface area contributed by atoms with Crippen LogP contribution in [-0.4, -0.2) is 27.1 Å². The summed E-state index contributed by atoms with van der Waals surface area (Å²) in [6.07, 6.45) is 0. The molecule has 0 spiro atoms. The third kappa shape index (κ3) is 4.65. The van der Waals surface area contributed by atoms with Crippen LogP contribution in [0.25, 0.3) is 0 Å². The van der Waals surface area contributed by atoms with Crippen LogP contribution in [0.3, 0.4) is 0 Å². The summed E-state index contributed by atoms with van der Waals surface area (Å²) in [4.78, 5) is 12.0. The van der Waals surface area contributed by atoms with E-state index in [0.29, 0.717) is 4.34 Å². The highest BCUT2D eigenvalue weighted by atomic mass is 32.2. The predicted octanol–water partition coefficient (Wildman–Crippen LogP) is 4.05. The van der Waals surface area contributed by atoms with Crippen molar-refractivity contribution in [2.75, 3.05) is 11.1 Å². The Morgan fingerprint density at radius 1 is 1.36 bits per heavy atom. The van der Waals surface area contributed by atoms with Gasteiger partial charge in [0.1, 0.15) is 11.6 Å². The zero-order valence-electron chi connectivity index (χ0n) is 11.8. The van der Waals surface area contributed by atoms with Crippen LogP contribution in [-0.2, 0) is 4.79 Å². The van der Waals surface area contributed by atoms with Crippen molar-refractivity contribution in [3.05, 3.63) is 29.8 Å². The number of hydrogen-bond donors (Lipinski definition) is 1. The predicted molar refractivity (Wildman–Crippen MR) is 86.6 cm³/mol. The van der Waals surface area contributed by atoms with Gasteiger partial charge >= 0.3 is 0 Å². The van der Waals surface area contributed by atoms with Gasteiger partial charge < -0.3 is 5.32 Å². The zero-order chi connectivity index (χ0) is 16.1. The maximum Gasteiger partial charge on any atom is 0.237 e. The van der Waals surface area contributed by atoms with E-state index in [9.17, 15) is 13.6 Å². The van der Waals surface area contributed by atoms with E-state index in [-0.39, 0.29) is 5.69 Å². The second kappa shape index (κ2) is 7.89. The van der Waals surface area contributed by atoms with Gasteiger partial charge in [-0.2, -0.15) is 0 Å². The molecule has 9 heteroatoms.